The topological polar surface area (TPSA) is 51.6 Å². The van der Waals surface area contributed by atoms with Gasteiger partial charge in [0.05, 0.1) is 18.2 Å². The van der Waals surface area contributed by atoms with Crippen molar-refractivity contribution in [1.82, 2.24) is 4.98 Å². The predicted molar refractivity (Wildman–Crippen MR) is 74.3 cm³/mol. The van der Waals surface area contributed by atoms with Crippen molar-refractivity contribution in [3.05, 3.63) is 36.5 Å². The number of hydrogen-bond donors (Lipinski definition) is 1. The number of aromatic nitrogens is 1. The van der Waals surface area contributed by atoms with Crippen LogP contribution in [0.2, 0.25) is 0 Å². The Morgan fingerprint density at radius 2 is 2.05 bits per heavy atom. The Bertz CT molecular complexity index is 528. The molecule has 0 aliphatic heterocycles. The number of rotatable bonds is 6. The van der Waals surface area contributed by atoms with Gasteiger partial charge in [-0.15, -0.1) is 0 Å². The highest BCUT2D eigenvalue weighted by atomic mass is 16.5. The van der Waals surface area contributed by atoms with E-state index in [9.17, 15) is 5.11 Å². The van der Waals surface area contributed by atoms with E-state index < -0.39 is 6.10 Å². The van der Waals surface area contributed by atoms with Crippen LogP contribution in [0.1, 0.15) is 13.8 Å². The van der Waals surface area contributed by atoms with Gasteiger partial charge >= 0.3 is 0 Å². The molecule has 1 unspecified atom stereocenters. The first-order valence-corrected chi connectivity index (χ1v) is 6.42. The third-order valence-electron chi connectivity index (χ3n) is 2.64. The Morgan fingerprint density at radius 1 is 1.21 bits per heavy atom. The molecule has 4 nitrogen and oxygen atoms in total. The van der Waals surface area contributed by atoms with Crippen LogP contribution in [0.5, 0.6) is 5.75 Å². The van der Waals surface area contributed by atoms with Gasteiger partial charge in [-0.3, -0.25) is 4.98 Å². The van der Waals surface area contributed by atoms with Crippen LogP contribution >= 0.6 is 0 Å². The molecule has 1 aromatic carbocycles. The average Bonchev–Trinajstić information content (AvgIpc) is 2.42. The van der Waals surface area contributed by atoms with Gasteiger partial charge in [0.1, 0.15) is 18.5 Å². The van der Waals surface area contributed by atoms with E-state index in [4.69, 9.17) is 9.47 Å². The fraction of sp³-hybridized carbons (Fsp3) is 0.400. The quantitative estimate of drug-likeness (QED) is 0.867. The lowest BCUT2D eigenvalue weighted by molar-refractivity contribution is -0.0122. The molecule has 0 saturated carbocycles. The van der Waals surface area contributed by atoms with Crippen molar-refractivity contribution in [2.45, 2.75) is 26.1 Å². The molecule has 0 bridgehead atoms. The molecule has 0 aliphatic carbocycles. The van der Waals surface area contributed by atoms with Crippen molar-refractivity contribution in [3.8, 4) is 5.75 Å². The zero-order valence-corrected chi connectivity index (χ0v) is 11.2. The summed E-state index contributed by atoms with van der Waals surface area (Å²) >= 11 is 0. The fourth-order valence-electron chi connectivity index (χ4n) is 1.69. The van der Waals surface area contributed by atoms with Gasteiger partial charge in [-0.05, 0) is 38.1 Å². The molecule has 0 radical (unpaired) electrons. The van der Waals surface area contributed by atoms with E-state index in [1.165, 1.54) is 0 Å². The van der Waals surface area contributed by atoms with Crippen molar-refractivity contribution in [1.29, 1.82) is 0 Å². The summed E-state index contributed by atoms with van der Waals surface area (Å²) in [5, 5.41) is 10.7. The lowest BCUT2D eigenvalue weighted by atomic mass is 10.2. The van der Waals surface area contributed by atoms with Crippen molar-refractivity contribution < 1.29 is 14.6 Å². The first kappa shape index (κ1) is 13.8. The van der Waals surface area contributed by atoms with Crippen LogP contribution in [0, 0.1) is 0 Å². The van der Waals surface area contributed by atoms with Gasteiger partial charge < -0.3 is 14.6 Å². The highest BCUT2D eigenvalue weighted by Gasteiger charge is 2.07. The predicted octanol–water partition coefficient (Wildman–Crippen LogP) is 2.40. The number of fused-ring (bicyclic) bond motifs is 1. The second kappa shape index (κ2) is 6.50. The van der Waals surface area contributed by atoms with Crippen molar-refractivity contribution in [3.63, 3.8) is 0 Å². The molecule has 102 valence electrons. The number of aliphatic hydroxyl groups excluding tert-OH is 1. The van der Waals surface area contributed by atoms with E-state index in [1.54, 1.807) is 6.20 Å². The van der Waals surface area contributed by atoms with E-state index in [-0.39, 0.29) is 19.3 Å². The fourth-order valence-corrected chi connectivity index (χ4v) is 1.69. The molecule has 0 saturated heterocycles. The summed E-state index contributed by atoms with van der Waals surface area (Å²) in [6.07, 6.45) is 1.25. The summed E-state index contributed by atoms with van der Waals surface area (Å²) < 4.78 is 10.9. The summed E-state index contributed by atoms with van der Waals surface area (Å²) in [6, 6.07) is 9.54. The summed E-state index contributed by atoms with van der Waals surface area (Å²) in [6.45, 7) is 4.37. The molecule has 19 heavy (non-hydrogen) atoms. The van der Waals surface area contributed by atoms with Gasteiger partial charge in [0.25, 0.3) is 0 Å². The van der Waals surface area contributed by atoms with Crippen LogP contribution in [-0.2, 0) is 4.74 Å². The molecule has 1 aromatic heterocycles. The minimum absolute atomic E-state index is 0.112. The van der Waals surface area contributed by atoms with Gasteiger partial charge in [-0.1, -0.05) is 6.07 Å². The van der Waals surface area contributed by atoms with Crippen LogP contribution in [-0.4, -0.2) is 35.5 Å². The zero-order valence-electron chi connectivity index (χ0n) is 11.2. The number of aliphatic hydroxyl groups is 1. The summed E-state index contributed by atoms with van der Waals surface area (Å²) in [5.41, 5.74) is 0.929. The minimum Gasteiger partial charge on any atom is -0.491 e. The van der Waals surface area contributed by atoms with Gasteiger partial charge in [0, 0.05) is 11.6 Å². The van der Waals surface area contributed by atoms with E-state index >= 15 is 0 Å². The maximum absolute atomic E-state index is 9.71. The standard InChI is InChI=1S/C15H19NO3/c1-11(2)18-9-13(17)10-19-14-5-6-15-12(8-14)4-3-7-16-15/h3-8,11,13,17H,9-10H2,1-2H3. The number of hydrogen-bond acceptors (Lipinski definition) is 4. The van der Waals surface area contributed by atoms with Gasteiger partial charge in [0.2, 0.25) is 0 Å². The summed E-state index contributed by atoms with van der Waals surface area (Å²) in [7, 11) is 0. The van der Waals surface area contributed by atoms with Gasteiger partial charge in [-0.25, -0.2) is 0 Å². The first-order chi connectivity index (χ1) is 9.15. The molecule has 2 rings (SSSR count). The van der Waals surface area contributed by atoms with Crippen LogP contribution in [0.25, 0.3) is 10.9 Å². The second-order valence-electron chi connectivity index (χ2n) is 4.70. The molecule has 1 atom stereocenters. The lowest BCUT2D eigenvalue weighted by Crippen LogP contribution is -2.25. The lowest BCUT2D eigenvalue weighted by Gasteiger charge is -2.14. The SMILES string of the molecule is CC(C)OCC(O)COc1ccc2ncccc2c1. The molecule has 0 spiro atoms. The first-order valence-electron chi connectivity index (χ1n) is 6.42. The monoisotopic (exact) mass is 261 g/mol. The molecular formula is C15H19NO3. The normalized spacial score (nSPS) is 12.8. The Hall–Kier alpha value is -1.65. The molecule has 2 aromatic rings. The second-order valence-corrected chi connectivity index (χ2v) is 4.70. The Labute approximate surface area is 113 Å². The van der Waals surface area contributed by atoms with E-state index in [1.807, 2.05) is 44.2 Å². The highest BCUT2D eigenvalue weighted by molar-refractivity contribution is 5.79. The molecule has 0 amide bonds. The van der Waals surface area contributed by atoms with E-state index in [0.717, 1.165) is 16.7 Å². The van der Waals surface area contributed by atoms with Crippen molar-refractivity contribution >= 4 is 10.9 Å². The smallest absolute Gasteiger partial charge is 0.120 e. The highest BCUT2D eigenvalue weighted by Crippen LogP contribution is 2.18. The number of nitrogens with zero attached hydrogens (tertiary/aromatic N) is 1. The molecule has 1 heterocycles. The Kier molecular flexibility index (Phi) is 4.71. The van der Waals surface area contributed by atoms with Crippen LogP contribution in [0.4, 0.5) is 0 Å². The average molecular weight is 261 g/mol. The van der Waals surface area contributed by atoms with Crippen LogP contribution in [0.3, 0.4) is 0 Å². The van der Waals surface area contributed by atoms with Crippen molar-refractivity contribution in [2.24, 2.45) is 0 Å². The van der Waals surface area contributed by atoms with Crippen LogP contribution in [0.15, 0.2) is 36.5 Å². The third kappa shape index (κ3) is 4.19. The maximum atomic E-state index is 9.71. The number of benzene rings is 1. The summed E-state index contributed by atoms with van der Waals surface area (Å²) in [4.78, 5) is 4.24. The molecule has 4 heteroatoms. The molecular weight excluding hydrogens is 242 g/mol. The largest absolute Gasteiger partial charge is 0.491 e. The zero-order chi connectivity index (χ0) is 13.7. The van der Waals surface area contributed by atoms with E-state index in [2.05, 4.69) is 4.98 Å². The molecule has 0 fully saturated rings. The Morgan fingerprint density at radius 3 is 2.84 bits per heavy atom. The van der Waals surface area contributed by atoms with Gasteiger partial charge in [-0.2, -0.15) is 0 Å². The molecule has 1 N–H and O–H groups in total. The number of ether oxygens (including phenoxy) is 2. The van der Waals surface area contributed by atoms with Gasteiger partial charge in [0.15, 0.2) is 0 Å². The van der Waals surface area contributed by atoms with Crippen LogP contribution < -0.4 is 4.74 Å². The minimum atomic E-state index is -0.619. The summed E-state index contributed by atoms with van der Waals surface area (Å²) in [5.74, 6) is 0.726. The Balaban J connectivity index is 1.90. The third-order valence-corrected chi connectivity index (χ3v) is 2.64. The maximum Gasteiger partial charge on any atom is 0.120 e. The number of pyridine rings is 1. The molecule has 0 aliphatic rings. The van der Waals surface area contributed by atoms with E-state index in [0.29, 0.717) is 0 Å². The van der Waals surface area contributed by atoms with Crippen molar-refractivity contribution in [2.75, 3.05) is 13.2 Å².